The summed E-state index contributed by atoms with van der Waals surface area (Å²) >= 11 is 6.03. The molecule has 0 aliphatic carbocycles. The fourth-order valence-electron chi connectivity index (χ4n) is 2.24. The Morgan fingerprint density at radius 1 is 0.909 bits per heavy atom. The van der Waals surface area contributed by atoms with Crippen molar-refractivity contribution in [3.8, 4) is 0 Å². The highest BCUT2D eigenvalue weighted by molar-refractivity contribution is 6.29. The van der Waals surface area contributed by atoms with Crippen LogP contribution in [0.5, 0.6) is 0 Å². The molecule has 0 saturated carbocycles. The zero-order valence-electron chi connectivity index (χ0n) is 11.9. The molecular weight excluding hydrogens is 296 g/mol. The summed E-state index contributed by atoms with van der Waals surface area (Å²) in [7, 11) is 0. The number of aromatic nitrogens is 2. The zero-order valence-corrected chi connectivity index (χ0v) is 12.6. The van der Waals surface area contributed by atoms with Crippen LogP contribution in [0, 0.1) is 0 Å². The van der Waals surface area contributed by atoms with Crippen LogP contribution >= 0.6 is 11.6 Å². The molecule has 0 aliphatic heterocycles. The van der Waals surface area contributed by atoms with E-state index < -0.39 is 0 Å². The molecule has 22 heavy (non-hydrogen) atoms. The lowest BCUT2D eigenvalue weighted by Crippen LogP contribution is -2.18. The molecule has 0 amide bonds. The summed E-state index contributed by atoms with van der Waals surface area (Å²) in [5.41, 5.74) is 7.92. The summed E-state index contributed by atoms with van der Waals surface area (Å²) in [6, 6.07) is 21.9. The lowest BCUT2D eigenvalue weighted by molar-refractivity contribution is 0.941. The predicted octanol–water partition coefficient (Wildman–Crippen LogP) is 4.05. The van der Waals surface area contributed by atoms with Gasteiger partial charge in [0.25, 0.3) is 0 Å². The van der Waals surface area contributed by atoms with E-state index in [0.29, 0.717) is 17.5 Å². The summed E-state index contributed by atoms with van der Waals surface area (Å²) in [5, 5.41) is 0.330. The van der Waals surface area contributed by atoms with E-state index in [4.69, 9.17) is 17.3 Å². The molecule has 0 saturated heterocycles. The van der Waals surface area contributed by atoms with E-state index in [-0.39, 0.29) is 5.95 Å². The largest absolute Gasteiger partial charge is 0.368 e. The van der Waals surface area contributed by atoms with Crippen molar-refractivity contribution in [3.05, 3.63) is 77.4 Å². The maximum Gasteiger partial charge on any atom is 0.223 e. The van der Waals surface area contributed by atoms with Crippen molar-refractivity contribution in [1.29, 1.82) is 0 Å². The molecule has 0 radical (unpaired) electrons. The van der Waals surface area contributed by atoms with Crippen LogP contribution in [0.15, 0.2) is 66.7 Å². The van der Waals surface area contributed by atoms with Crippen LogP contribution in [0.1, 0.15) is 5.56 Å². The number of nitrogens with two attached hydrogens (primary N) is 1. The number of benzene rings is 2. The molecule has 0 atom stereocenters. The molecule has 0 unspecified atom stereocenters. The van der Waals surface area contributed by atoms with Crippen molar-refractivity contribution in [2.45, 2.75) is 6.54 Å². The average molecular weight is 311 g/mol. The Bertz CT molecular complexity index is 727. The Hall–Kier alpha value is -2.59. The van der Waals surface area contributed by atoms with Gasteiger partial charge in [-0.25, -0.2) is 4.98 Å². The van der Waals surface area contributed by atoms with Crippen LogP contribution in [0.25, 0.3) is 0 Å². The fraction of sp³-hybridized carbons (Fsp3) is 0.0588. The minimum absolute atomic E-state index is 0.163. The van der Waals surface area contributed by atoms with Crippen molar-refractivity contribution < 1.29 is 0 Å². The second-order valence-electron chi connectivity index (χ2n) is 4.81. The minimum Gasteiger partial charge on any atom is -0.368 e. The van der Waals surface area contributed by atoms with E-state index in [1.165, 1.54) is 5.56 Å². The summed E-state index contributed by atoms with van der Waals surface area (Å²) in [4.78, 5) is 10.3. The number of halogens is 1. The number of anilines is 3. The lowest BCUT2D eigenvalue weighted by atomic mass is 10.2. The van der Waals surface area contributed by atoms with Gasteiger partial charge in [0.1, 0.15) is 11.0 Å². The fourth-order valence-corrected chi connectivity index (χ4v) is 2.42. The molecule has 5 heteroatoms. The topological polar surface area (TPSA) is 55.0 Å². The molecule has 2 N–H and O–H groups in total. The maximum absolute atomic E-state index is 6.03. The first-order chi connectivity index (χ1) is 10.7. The molecule has 3 aromatic rings. The van der Waals surface area contributed by atoms with Gasteiger partial charge in [-0.15, -0.1) is 0 Å². The number of nitrogens with zero attached hydrogens (tertiary/aromatic N) is 3. The molecule has 110 valence electrons. The summed E-state index contributed by atoms with van der Waals surface area (Å²) in [5.74, 6) is 0.837. The van der Waals surface area contributed by atoms with Gasteiger partial charge in [0.2, 0.25) is 5.95 Å². The van der Waals surface area contributed by atoms with Crippen LogP contribution in [-0.2, 0) is 6.54 Å². The van der Waals surface area contributed by atoms with E-state index >= 15 is 0 Å². The number of hydrogen-bond acceptors (Lipinski definition) is 4. The Morgan fingerprint density at radius 2 is 1.55 bits per heavy atom. The van der Waals surface area contributed by atoms with E-state index in [0.717, 1.165) is 5.69 Å². The lowest BCUT2D eigenvalue weighted by Gasteiger charge is -2.24. The Morgan fingerprint density at radius 3 is 2.18 bits per heavy atom. The second-order valence-corrected chi connectivity index (χ2v) is 5.20. The third kappa shape index (κ3) is 3.35. The van der Waals surface area contributed by atoms with Gasteiger partial charge in [-0.05, 0) is 17.7 Å². The smallest absolute Gasteiger partial charge is 0.223 e. The van der Waals surface area contributed by atoms with Crippen molar-refractivity contribution in [1.82, 2.24) is 9.97 Å². The van der Waals surface area contributed by atoms with Gasteiger partial charge in [-0.3, -0.25) is 0 Å². The van der Waals surface area contributed by atoms with Gasteiger partial charge >= 0.3 is 0 Å². The highest BCUT2D eigenvalue weighted by Gasteiger charge is 2.13. The van der Waals surface area contributed by atoms with Crippen molar-refractivity contribution in [2.75, 3.05) is 10.6 Å². The molecule has 0 fully saturated rings. The molecule has 2 aromatic carbocycles. The van der Waals surface area contributed by atoms with Gasteiger partial charge in [0, 0.05) is 18.3 Å². The standard InChI is InChI=1S/C17H15ClN4/c18-15-11-16(21-17(19)20-15)22(14-9-5-2-6-10-14)12-13-7-3-1-4-8-13/h1-11H,12H2,(H2,19,20,21). The Labute approximate surface area is 134 Å². The number of nitrogen functional groups attached to an aromatic ring is 1. The van der Waals surface area contributed by atoms with Gasteiger partial charge in [0.05, 0.1) is 0 Å². The predicted molar refractivity (Wildman–Crippen MR) is 90.2 cm³/mol. The maximum atomic E-state index is 6.03. The average Bonchev–Trinajstić information content (AvgIpc) is 2.53. The monoisotopic (exact) mass is 310 g/mol. The van der Waals surface area contributed by atoms with E-state index in [9.17, 15) is 0 Å². The van der Waals surface area contributed by atoms with Gasteiger partial charge in [-0.1, -0.05) is 60.1 Å². The highest BCUT2D eigenvalue weighted by Crippen LogP contribution is 2.27. The molecular formula is C17H15ClN4. The highest BCUT2D eigenvalue weighted by atomic mass is 35.5. The SMILES string of the molecule is Nc1nc(Cl)cc(N(Cc2ccccc2)c2ccccc2)n1. The third-order valence-electron chi connectivity index (χ3n) is 3.23. The van der Waals surface area contributed by atoms with Crippen molar-refractivity contribution in [2.24, 2.45) is 0 Å². The zero-order chi connectivity index (χ0) is 15.4. The van der Waals surface area contributed by atoms with Gasteiger partial charge in [-0.2, -0.15) is 4.98 Å². The van der Waals surface area contributed by atoms with E-state index in [1.54, 1.807) is 6.07 Å². The second kappa shape index (κ2) is 6.45. The van der Waals surface area contributed by atoms with Crippen molar-refractivity contribution >= 4 is 29.1 Å². The van der Waals surface area contributed by atoms with Crippen LogP contribution in [-0.4, -0.2) is 9.97 Å². The third-order valence-corrected chi connectivity index (χ3v) is 3.42. The quantitative estimate of drug-likeness (QED) is 0.739. The first-order valence-electron chi connectivity index (χ1n) is 6.89. The summed E-state index contributed by atoms with van der Waals surface area (Å²) in [6.07, 6.45) is 0. The van der Waals surface area contributed by atoms with Gasteiger partial charge in [0.15, 0.2) is 0 Å². The number of rotatable bonds is 4. The Balaban J connectivity index is 2.03. The molecule has 1 heterocycles. The summed E-state index contributed by atoms with van der Waals surface area (Å²) in [6.45, 7) is 0.664. The van der Waals surface area contributed by atoms with Crippen LogP contribution in [0.3, 0.4) is 0 Å². The molecule has 3 rings (SSSR count). The van der Waals surface area contributed by atoms with Gasteiger partial charge < -0.3 is 10.6 Å². The molecule has 4 nitrogen and oxygen atoms in total. The number of para-hydroxylation sites is 1. The molecule has 0 spiro atoms. The molecule has 0 aliphatic rings. The van der Waals surface area contributed by atoms with Crippen LogP contribution in [0.4, 0.5) is 17.5 Å². The van der Waals surface area contributed by atoms with Crippen molar-refractivity contribution in [3.63, 3.8) is 0 Å². The first kappa shape index (κ1) is 14.4. The molecule has 0 bridgehead atoms. The molecule has 1 aromatic heterocycles. The van der Waals surface area contributed by atoms with Crippen LogP contribution in [0.2, 0.25) is 5.15 Å². The van der Waals surface area contributed by atoms with E-state index in [1.807, 2.05) is 48.5 Å². The summed E-state index contributed by atoms with van der Waals surface area (Å²) < 4.78 is 0. The normalized spacial score (nSPS) is 10.4. The van der Waals surface area contributed by atoms with Crippen LogP contribution < -0.4 is 10.6 Å². The number of hydrogen-bond donors (Lipinski definition) is 1. The first-order valence-corrected chi connectivity index (χ1v) is 7.27. The minimum atomic E-state index is 0.163. The van der Waals surface area contributed by atoms with E-state index in [2.05, 4.69) is 27.0 Å². The Kier molecular flexibility index (Phi) is 4.21.